The van der Waals surface area contributed by atoms with Crippen molar-refractivity contribution < 1.29 is 23.1 Å². The maximum absolute atomic E-state index is 13.0. The van der Waals surface area contributed by atoms with E-state index in [9.17, 15) is 23.1 Å². The number of anilines is 1. The molecule has 0 bridgehead atoms. The van der Waals surface area contributed by atoms with E-state index in [0.717, 1.165) is 17.5 Å². The largest absolute Gasteiger partial charge is 0.418 e. The summed E-state index contributed by atoms with van der Waals surface area (Å²) >= 11 is 6.63. The molecule has 0 radical (unpaired) electrons. The molecule has 0 fully saturated rings. The quantitative estimate of drug-likeness (QED) is 0.486. The van der Waals surface area contributed by atoms with Crippen molar-refractivity contribution in [2.45, 2.75) is 25.4 Å². The number of hydrogen-bond acceptors (Lipinski definition) is 7. The van der Waals surface area contributed by atoms with Crippen LogP contribution in [-0.2, 0) is 13.2 Å². The van der Waals surface area contributed by atoms with Crippen LogP contribution in [0.4, 0.5) is 19.0 Å². The van der Waals surface area contributed by atoms with Gasteiger partial charge in [-0.05, 0) is 13.0 Å². The van der Waals surface area contributed by atoms with E-state index in [1.807, 2.05) is 0 Å². The number of carbonyl (C=O) groups is 1. The molecule has 0 aliphatic carbocycles. The van der Waals surface area contributed by atoms with Crippen LogP contribution in [0.15, 0.2) is 31.0 Å². The number of amides is 1. The number of thiazole rings is 1. The highest BCUT2D eigenvalue weighted by Crippen LogP contribution is 2.36. The smallest absolute Gasteiger partial charge is 0.369 e. The molecule has 30 heavy (non-hydrogen) atoms. The van der Waals surface area contributed by atoms with E-state index >= 15 is 0 Å². The molecule has 3 heterocycles. The van der Waals surface area contributed by atoms with Crippen LogP contribution < -0.4 is 10.6 Å². The van der Waals surface area contributed by atoms with Gasteiger partial charge in [0.05, 0.1) is 34.0 Å². The lowest BCUT2D eigenvalue weighted by molar-refractivity contribution is -0.137. The highest BCUT2D eigenvalue weighted by Gasteiger charge is 2.34. The van der Waals surface area contributed by atoms with Crippen LogP contribution in [0, 0.1) is 0 Å². The van der Waals surface area contributed by atoms with Gasteiger partial charge in [0, 0.05) is 19.4 Å². The summed E-state index contributed by atoms with van der Waals surface area (Å²) in [6.07, 6.45) is -0.861. The van der Waals surface area contributed by atoms with Crippen LogP contribution in [-0.4, -0.2) is 30.5 Å². The van der Waals surface area contributed by atoms with E-state index in [1.54, 1.807) is 18.5 Å². The van der Waals surface area contributed by atoms with Crippen molar-refractivity contribution in [3.8, 4) is 0 Å². The van der Waals surface area contributed by atoms with Crippen LogP contribution in [0.2, 0.25) is 5.02 Å². The van der Waals surface area contributed by atoms with E-state index in [2.05, 4.69) is 25.6 Å². The number of nitrogens with zero attached hydrogens (tertiary/aromatic N) is 4. The number of pyridine rings is 1. The zero-order chi connectivity index (χ0) is 22.1. The van der Waals surface area contributed by atoms with Gasteiger partial charge in [-0.15, -0.1) is 11.3 Å². The molecule has 0 aromatic carbocycles. The predicted octanol–water partition coefficient (Wildman–Crippen LogP) is 3.54. The molecule has 1 amide bonds. The third-order valence-corrected chi connectivity index (χ3v) is 5.56. The van der Waals surface area contributed by atoms with Gasteiger partial charge in [-0.2, -0.15) is 13.2 Å². The summed E-state index contributed by atoms with van der Waals surface area (Å²) in [4.78, 5) is 24.4. The minimum Gasteiger partial charge on any atom is -0.369 e. The first kappa shape index (κ1) is 22.0. The van der Waals surface area contributed by atoms with Crippen LogP contribution in [0.1, 0.15) is 45.1 Å². The average molecular weight is 461 g/mol. The fraction of sp³-hybridized carbons (Fsp3) is 0.294. The number of carbonyl (C=O) groups excluding carboxylic acids is 1. The number of alkyl halides is 3. The topological polar surface area (TPSA) is 105 Å². The van der Waals surface area contributed by atoms with E-state index in [0.29, 0.717) is 21.6 Å². The Balaban J connectivity index is 1.68. The molecule has 13 heteroatoms. The molecular weight excluding hydrogens is 445 g/mol. The molecule has 3 N–H and O–H groups in total. The number of nitrogens with one attached hydrogen (secondary N) is 2. The van der Waals surface area contributed by atoms with E-state index in [4.69, 9.17) is 11.6 Å². The number of aromatic nitrogens is 4. The Morgan fingerprint density at radius 3 is 2.67 bits per heavy atom. The molecular formula is C17H16ClF3N6O2S. The van der Waals surface area contributed by atoms with Crippen molar-refractivity contribution in [3.05, 3.63) is 57.1 Å². The minimum atomic E-state index is -4.65. The SMILES string of the molecule is C[C@@H](NC(=O)c1cncn1C)c1ncc(C(O)Nc2cc(C(F)(F)F)c(Cl)cn2)s1. The first-order valence-corrected chi connectivity index (χ1v) is 9.66. The van der Waals surface area contributed by atoms with Gasteiger partial charge < -0.3 is 20.3 Å². The Morgan fingerprint density at radius 1 is 1.30 bits per heavy atom. The molecule has 8 nitrogen and oxygen atoms in total. The van der Waals surface area contributed by atoms with Crippen molar-refractivity contribution in [1.82, 2.24) is 24.8 Å². The maximum atomic E-state index is 13.0. The molecule has 0 aliphatic heterocycles. The zero-order valence-electron chi connectivity index (χ0n) is 15.6. The lowest BCUT2D eigenvalue weighted by Crippen LogP contribution is -2.28. The van der Waals surface area contributed by atoms with Crippen LogP contribution in [0.25, 0.3) is 0 Å². The molecule has 0 saturated heterocycles. The summed E-state index contributed by atoms with van der Waals surface area (Å²) in [7, 11) is 1.69. The van der Waals surface area contributed by atoms with Gasteiger partial charge in [0.1, 0.15) is 16.5 Å². The van der Waals surface area contributed by atoms with Gasteiger partial charge >= 0.3 is 6.18 Å². The first-order valence-electron chi connectivity index (χ1n) is 8.46. The highest BCUT2D eigenvalue weighted by molar-refractivity contribution is 7.11. The molecule has 3 rings (SSSR count). The Kier molecular flexibility index (Phi) is 6.29. The third-order valence-electron chi connectivity index (χ3n) is 4.02. The van der Waals surface area contributed by atoms with Crippen LogP contribution >= 0.6 is 22.9 Å². The number of aliphatic hydroxyl groups excluding tert-OH is 1. The second-order valence-corrected chi connectivity index (χ2v) is 7.78. The summed E-state index contributed by atoms with van der Waals surface area (Å²) in [6, 6.07) is 0.244. The van der Waals surface area contributed by atoms with Crippen LogP contribution in [0.3, 0.4) is 0 Å². The number of hydrogen-bond donors (Lipinski definition) is 3. The summed E-state index contributed by atoms with van der Waals surface area (Å²) in [6.45, 7) is 1.72. The van der Waals surface area contributed by atoms with Gasteiger partial charge in [0.2, 0.25) is 0 Å². The summed E-state index contributed by atoms with van der Waals surface area (Å²) in [5.41, 5.74) is -0.694. The number of aryl methyl sites for hydroxylation is 1. The zero-order valence-corrected chi connectivity index (χ0v) is 17.2. The van der Waals surface area contributed by atoms with Crippen LogP contribution in [0.5, 0.6) is 0 Å². The van der Waals surface area contributed by atoms with Gasteiger partial charge in [-0.25, -0.2) is 15.0 Å². The number of halogens is 4. The number of aliphatic hydroxyl groups is 1. The third kappa shape index (κ3) is 4.89. The molecule has 0 aliphatic rings. The van der Waals surface area contributed by atoms with Gasteiger partial charge in [-0.3, -0.25) is 4.79 Å². The molecule has 2 atom stereocenters. The lowest BCUT2D eigenvalue weighted by atomic mass is 10.2. The van der Waals surface area contributed by atoms with E-state index < -0.39 is 29.0 Å². The molecule has 1 unspecified atom stereocenters. The Hall–Kier alpha value is -2.70. The second-order valence-electron chi connectivity index (χ2n) is 6.28. The Morgan fingerprint density at radius 2 is 2.03 bits per heavy atom. The average Bonchev–Trinajstić information content (AvgIpc) is 3.31. The molecule has 160 valence electrons. The predicted molar refractivity (Wildman–Crippen MR) is 104 cm³/mol. The molecule has 3 aromatic rings. The Bertz CT molecular complexity index is 1050. The molecule has 0 spiro atoms. The number of imidazole rings is 1. The monoisotopic (exact) mass is 460 g/mol. The van der Waals surface area contributed by atoms with Crippen molar-refractivity contribution in [3.63, 3.8) is 0 Å². The standard InChI is InChI=1S/C17H16ClF3N6O2S/c1-8(25-14(28)11-5-22-7-27(11)2)16-24-6-12(30-16)15(29)26-13-3-9(17(19,20)21)10(18)4-23-13/h3-8,15,29H,1-2H3,(H,23,26)(H,25,28)/t8-,15?/m1/s1. The molecule has 3 aromatic heterocycles. The summed E-state index contributed by atoms with van der Waals surface area (Å²) in [5.74, 6) is -0.547. The van der Waals surface area contributed by atoms with Gasteiger partial charge in [0.25, 0.3) is 5.91 Å². The van der Waals surface area contributed by atoms with Crippen molar-refractivity contribution in [2.24, 2.45) is 7.05 Å². The molecule has 0 saturated carbocycles. The van der Waals surface area contributed by atoms with E-state index in [1.165, 1.54) is 18.7 Å². The van der Waals surface area contributed by atoms with Crippen molar-refractivity contribution >= 4 is 34.7 Å². The maximum Gasteiger partial charge on any atom is 0.418 e. The van der Waals surface area contributed by atoms with Gasteiger partial charge in [-0.1, -0.05) is 11.6 Å². The summed E-state index contributed by atoms with van der Waals surface area (Å²) < 4.78 is 40.5. The summed E-state index contributed by atoms with van der Waals surface area (Å²) in [5, 5.41) is 15.5. The highest BCUT2D eigenvalue weighted by atomic mass is 35.5. The fourth-order valence-corrected chi connectivity index (χ4v) is 3.55. The number of rotatable bonds is 6. The Labute approximate surface area is 177 Å². The van der Waals surface area contributed by atoms with E-state index in [-0.39, 0.29) is 11.7 Å². The minimum absolute atomic E-state index is 0.202. The lowest BCUT2D eigenvalue weighted by Gasteiger charge is -2.14. The fourth-order valence-electron chi connectivity index (χ4n) is 2.48. The van der Waals surface area contributed by atoms with Crippen molar-refractivity contribution in [1.29, 1.82) is 0 Å². The first-order chi connectivity index (χ1) is 14.1. The van der Waals surface area contributed by atoms with Gasteiger partial charge in [0.15, 0.2) is 6.23 Å². The second kappa shape index (κ2) is 8.58. The van der Waals surface area contributed by atoms with Crippen molar-refractivity contribution in [2.75, 3.05) is 5.32 Å². The normalized spacial score (nSPS) is 13.7.